The third-order valence-corrected chi connectivity index (χ3v) is 2.47. The zero-order valence-electron chi connectivity index (χ0n) is 6.95. The number of carbonyl (C=O) groups excluding carboxylic acids is 1. The fraction of sp³-hybridized carbons (Fsp3) is 0.875. The summed E-state index contributed by atoms with van der Waals surface area (Å²) in [5, 5.41) is 3.36. The van der Waals surface area contributed by atoms with Crippen molar-refractivity contribution in [1.82, 2.24) is 5.32 Å². The summed E-state index contributed by atoms with van der Waals surface area (Å²) < 4.78 is 5.20. The molecule has 4 nitrogen and oxygen atoms in total. The minimum Gasteiger partial charge on any atom is -0.379 e. The van der Waals surface area contributed by atoms with Crippen LogP contribution in [0.2, 0.25) is 0 Å². The maximum absolute atomic E-state index is 10.9. The molecule has 0 bridgehead atoms. The Hall–Kier alpha value is -0.610. The molecule has 0 spiro atoms. The largest absolute Gasteiger partial charge is 0.379 e. The molecule has 1 aliphatic carbocycles. The van der Waals surface area contributed by atoms with Gasteiger partial charge in [-0.15, -0.1) is 0 Å². The van der Waals surface area contributed by atoms with Gasteiger partial charge >= 0.3 is 0 Å². The van der Waals surface area contributed by atoms with Gasteiger partial charge in [0.15, 0.2) is 0 Å². The van der Waals surface area contributed by atoms with Gasteiger partial charge in [0, 0.05) is 12.1 Å². The molecule has 2 fully saturated rings. The number of rotatable bonds is 3. The summed E-state index contributed by atoms with van der Waals surface area (Å²) >= 11 is 0. The fourth-order valence-corrected chi connectivity index (χ4v) is 1.55. The summed E-state index contributed by atoms with van der Waals surface area (Å²) in [5.74, 6) is -0.365. The van der Waals surface area contributed by atoms with Gasteiger partial charge in [-0.05, 0) is 12.8 Å². The van der Waals surface area contributed by atoms with Crippen molar-refractivity contribution in [1.29, 1.82) is 0 Å². The van der Waals surface area contributed by atoms with E-state index in [0.29, 0.717) is 19.3 Å². The van der Waals surface area contributed by atoms with E-state index >= 15 is 0 Å². The van der Waals surface area contributed by atoms with Gasteiger partial charge in [-0.25, -0.2) is 0 Å². The molecule has 1 heterocycles. The molecule has 1 aliphatic heterocycles. The monoisotopic (exact) mass is 170 g/mol. The summed E-state index contributed by atoms with van der Waals surface area (Å²) in [4.78, 5) is 10.9. The average molecular weight is 170 g/mol. The third kappa shape index (κ3) is 1.59. The van der Waals surface area contributed by atoms with Gasteiger partial charge in [0.1, 0.15) is 0 Å². The van der Waals surface area contributed by atoms with Crippen LogP contribution in [0.3, 0.4) is 0 Å². The van der Waals surface area contributed by atoms with Gasteiger partial charge < -0.3 is 15.8 Å². The van der Waals surface area contributed by atoms with Gasteiger partial charge in [-0.3, -0.25) is 4.79 Å². The lowest BCUT2D eigenvalue weighted by molar-refractivity contribution is -0.122. The van der Waals surface area contributed by atoms with E-state index in [-0.39, 0.29) is 17.9 Å². The highest BCUT2D eigenvalue weighted by Gasteiger charge is 2.36. The van der Waals surface area contributed by atoms with Gasteiger partial charge in [0.25, 0.3) is 0 Å². The van der Waals surface area contributed by atoms with Crippen LogP contribution in [0, 0.1) is 5.92 Å². The lowest BCUT2D eigenvalue weighted by Crippen LogP contribution is -2.42. The van der Waals surface area contributed by atoms with Crippen molar-refractivity contribution in [2.24, 2.45) is 11.7 Å². The molecule has 1 amide bonds. The average Bonchev–Trinajstić information content (AvgIpc) is 2.66. The van der Waals surface area contributed by atoms with Crippen molar-refractivity contribution in [3.8, 4) is 0 Å². The molecule has 2 aliphatic rings. The number of carbonyl (C=O) groups is 1. The Labute approximate surface area is 71.4 Å². The first-order chi connectivity index (χ1) is 5.77. The summed E-state index contributed by atoms with van der Waals surface area (Å²) in [7, 11) is 0. The lowest BCUT2D eigenvalue weighted by atomic mass is 10.0. The first-order valence-electron chi connectivity index (χ1n) is 4.40. The highest BCUT2D eigenvalue weighted by atomic mass is 16.5. The predicted molar refractivity (Wildman–Crippen MR) is 43.4 cm³/mol. The topological polar surface area (TPSA) is 64.4 Å². The summed E-state index contributed by atoms with van der Waals surface area (Å²) in [5.41, 5.74) is 5.23. The number of hydrogen-bond acceptors (Lipinski definition) is 3. The molecule has 2 atom stereocenters. The van der Waals surface area contributed by atoms with Crippen LogP contribution in [0.15, 0.2) is 0 Å². The SMILES string of the molecule is NC(=O)C1COCC1NC1CC1. The third-order valence-electron chi connectivity index (χ3n) is 2.47. The number of primary amides is 1. The second-order valence-electron chi connectivity index (χ2n) is 3.59. The molecule has 0 aromatic carbocycles. The summed E-state index contributed by atoms with van der Waals surface area (Å²) in [6.45, 7) is 1.11. The fourth-order valence-electron chi connectivity index (χ4n) is 1.55. The first-order valence-corrected chi connectivity index (χ1v) is 4.40. The maximum Gasteiger partial charge on any atom is 0.224 e. The molecule has 3 N–H and O–H groups in total. The molecule has 2 rings (SSSR count). The Balaban J connectivity index is 1.88. The minimum absolute atomic E-state index is 0.120. The molecule has 2 unspecified atom stereocenters. The number of nitrogens with two attached hydrogens (primary N) is 1. The maximum atomic E-state index is 10.9. The second-order valence-corrected chi connectivity index (χ2v) is 3.59. The molecule has 0 radical (unpaired) electrons. The molecule has 4 heteroatoms. The summed E-state index contributed by atoms with van der Waals surface area (Å²) in [6.07, 6.45) is 2.45. The van der Waals surface area contributed by atoms with Crippen LogP contribution in [0.1, 0.15) is 12.8 Å². The van der Waals surface area contributed by atoms with Crippen molar-refractivity contribution in [2.75, 3.05) is 13.2 Å². The molecule has 1 saturated carbocycles. The van der Waals surface area contributed by atoms with E-state index in [2.05, 4.69) is 5.32 Å². The van der Waals surface area contributed by atoms with Crippen LogP contribution in [-0.4, -0.2) is 31.2 Å². The Kier molecular flexibility index (Phi) is 2.02. The van der Waals surface area contributed by atoms with Crippen LogP contribution in [-0.2, 0) is 9.53 Å². The van der Waals surface area contributed by atoms with Crippen molar-refractivity contribution < 1.29 is 9.53 Å². The molecule has 12 heavy (non-hydrogen) atoms. The van der Waals surface area contributed by atoms with Gasteiger partial charge in [-0.2, -0.15) is 0 Å². The Morgan fingerprint density at radius 1 is 1.42 bits per heavy atom. The van der Waals surface area contributed by atoms with E-state index in [9.17, 15) is 4.79 Å². The normalized spacial score (nSPS) is 35.3. The predicted octanol–water partition coefficient (Wildman–Crippen LogP) is -0.761. The van der Waals surface area contributed by atoms with E-state index in [0.717, 1.165) is 0 Å². The first kappa shape index (κ1) is 8.01. The van der Waals surface area contributed by atoms with E-state index in [1.54, 1.807) is 0 Å². The van der Waals surface area contributed by atoms with Crippen LogP contribution in [0.25, 0.3) is 0 Å². The smallest absolute Gasteiger partial charge is 0.224 e. The Morgan fingerprint density at radius 2 is 2.17 bits per heavy atom. The molecule has 1 saturated heterocycles. The molecular formula is C8H14N2O2. The van der Waals surface area contributed by atoms with Crippen LogP contribution >= 0.6 is 0 Å². The number of ether oxygens (including phenoxy) is 1. The van der Waals surface area contributed by atoms with Crippen molar-refractivity contribution in [3.63, 3.8) is 0 Å². The molecule has 0 aromatic rings. The van der Waals surface area contributed by atoms with Gasteiger partial charge in [0.2, 0.25) is 5.91 Å². The van der Waals surface area contributed by atoms with E-state index in [1.807, 2.05) is 0 Å². The summed E-state index contributed by atoms with van der Waals surface area (Å²) in [6, 6.07) is 0.772. The molecular weight excluding hydrogens is 156 g/mol. The Morgan fingerprint density at radius 3 is 2.75 bits per heavy atom. The van der Waals surface area contributed by atoms with E-state index in [1.165, 1.54) is 12.8 Å². The zero-order chi connectivity index (χ0) is 8.55. The number of nitrogens with one attached hydrogen (secondary N) is 1. The lowest BCUT2D eigenvalue weighted by Gasteiger charge is -2.15. The minimum atomic E-state index is -0.245. The van der Waals surface area contributed by atoms with Crippen molar-refractivity contribution in [2.45, 2.75) is 24.9 Å². The van der Waals surface area contributed by atoms with Crippen LogP contribution in [0.5, 0.6) is 0 Å². The number of amides is 1. The Bertz CT molecular complexity index is 191. The van der Waals surface area contributed by atoms with E-state index in [4.69, 9.17) is 10.5 Å². The quantitative estimate of drug-likeness (QED) is 0.585. The van der Waals surface area contributed by atoms with E-state index < -0.39 is 0 Å². The molecule has 68 valence electrons. The zero-order valence-corrected chi connectivity index (χ0v) is 6.95. The van der Waals surface area contributed by atoms with Crippen molar-refractivity contribution >= 4 is 5.91 Å². The second kappa shape index (κ2) is 3.03. The molecule has 0 aromatic heterocycles. The van der Waals surface area contributed by atoms with Crippen LogP contribution < -0.4 is 11.1 Å². The standard InChI is InChI=1S/C8H14N2O2/c9-8(11)6-3-12-4-7(6)10-5-1-2-5/h5-7,10H,1-4H2,(H2,9,11). The number of hydrogen-bond donors (Lipinski definition) is 2. The van der Waals surface area contributed by atoms with Gasteiger partial charge in [0.05, 0.1) is 19.1 Å². The van der Waals surface area contributed by atoms with Crippen LogP contribution in [0.4, 0.5) is 0 Å². The van der Waals surface area contributed by atoms with Crippen molar-refractivity contribution in [3.05, 3.63) is 0 Å². The highest BCUT2D eigenvalue weighted by molar-refractivity contribution is 5.77. The highest BCUT2D eigenvalue weighted by Crippen LogP contribution is 2.23. The van der Waals surface area contributed by atoms with Gasteiger partial charge in [-0.1, -0.05) is 0 Å².